The molecule has 0 aromatic carbocycles. The number of rotatable bonds is 4. The van der Waals surface area contributed by atoms with Crippen LogP contribution < -0.4 is 5.73 Å². The average molecular weight is 185 g/mol. The molecule has 0 aliphatic heterocycles. The Kier molecular flexibility index (Phi) is 2.66. The van der Waals surface area contributed by atoms with Crippen molar-refractivity contribution in [1.82, 2.24) is 0 Å². The standard InChI is InChI=1S/C10H19NO2/c1-4-13-8(12)7-10(3,11)9(2)5-6-9/h4-7,11H2,1-3H3. The second kappa shape index (κ2) is 3.29. The van der Waals surface area contributed by atoms with E-state index in [2.05, 4.69) is 6.92 Å². The van der Waals surface area contributed by atoms with Gasteiger partial charge in [0.05, 0.1) is 13.0 Å². The molecule has 0 saturated heterocycles. The topological polar surface area (TPSA) is 52.3 Å². The highest BCUT2D eigenvalue weighted by molar-refractivity contribution is 5.71. The minimum absolute atomic E-state index is 0.153. The molecule has 1 saturated carbocycles. The normalized spacial score (nSPS) is 23.4. The van der Waals surface area contributed by atoms with Crippen LogP contribution >= 0.6 is 0 Å². The molecule has 0 aromatic heterocycles. The van der Waals surface area contributed by atoms with Gasteiger partial charge >= 0.3 is 5.97 Å². The maximum atomic E-state index is 11.2. The largest absolute Gasteiger partial charge is 0.466 e. The van der Waals surface area contributed by atoms with Gasteiger partial charge in [0.1, 0.15) is 0 Å². The number of esters is 1. The van der Waals surface area contributed by atoms with Gasteiger partial charge in [-0.25, -0.2) is 0 Å². The molecule has 0 radical (unpaired) electrons. The van der Waals surface area contributed by atoms with Crippen molar-refractivity contribution in [2.24, 2.45) is 11.1 Å². The van der Waals surface area contributed by atoms with Crippen LogP contribution in [0.5, 0.6) is 0 Å². The summed E-state index contributed by atoms with van der Waals surface area (Å²) < 4.78 is 4.88. The summed E-state index contributed by atoms with van der Waals surface area (Å²) in [6.07, 6.45) is 2.58. The number of ether oxygens (including phenoxy) is 1. The van der Waals surface area contributed by atoms with Gasteiger partial charge in [0, 0.05) is 5.54 Å². The van der Waals surface area contributed by atoms with E-state index in [-0.39, 0.29) is 11.4 Å². The number of nitrogens with two attached hydrogens (primary N) is 1. The lowest BCUT2D eigenvalue weighted by molar-refractivity contribution is -0.145. The van der Waals surface area contributed by atoms with Crippen LogP contribution in [0.4, 0.5) is 0 Å². The first-order valence-corrected chi connectivity index (χ1v) is 4.86. The van der Waals surface area contributed by atoms with E-state index >= 15 is 0 Å². The van der Waals surface area contributed by atoms with E-state index < -0.39 is 5.54 Å². The molecule has 3 heteroatoms. The molecule has 13 heavy (non-hydrogen) atoms. The molecule has 76 valence electrons. The molecule has 1 atom stereocenters. The Morgan fingerprint density at radius 1 is 1.62 bits per heavy atom. The molecule has 1 fully saturated rings. The molecule has 0 spiro atoms. The van der Waals surface area contributed by atoms with Crippen LogP contribution in [0.2, 0.25) is 0 Å². The van der Waals surface area contributed by atoms with Gasteiger partial charge in [0.25, 0.3) is 0 Å². The Hall–Kier alpha value is -0.570. The van der Waals surface area contributed by atoms with E-state index in [0.717, 1.165) is 12.8 Å². The molecule has 1 unspecified atom stereocenters. The van der Waals surface area contributed by atoms with E-state index in [0.29, 0.717) is 13.0 Å². The molecule has 1 aliphatic carbocycles. The highest BCUT2D eigenvalue weighted by Gasteiger charge is 2.51. The minimum Gasteiger partial charge on any atom is -0.466 e. The van der Waals surface area contributed by atoms with Gasteiger partial charge in [-0.1, -0.05) is 6.92 Å². The van der Waals surface area contributed by atoms with Crippen LogP contribution in [-0.2, 0) is 9.53 Å². The number of hydrogen-bond acceptors (Lipinski definition) is 3. The maximum Gasteiger partial charge on any atom is 0.307 e. The maximum absolute atomic E-state index is 11.2. The summed E-state index contributed by atoms with van der Waals surface area (Å²) in [5.74, 6) is -0.180. The second-order valence-electron chi connectivity index (χ2n) is 4.46. The van der Waals surface area contributed by atoms with Crippen LogP contribution in [0.15, 0.2) is 0 Å². The Morgan fingerprint density at radius 3 is 2.54 bits per heavy atom. The van der Waals surface area contributed by atoms with Crippen molar-refractivity contribution in [1.29, 1.82) is 0 Å². The van der Waals surface area contributed by atoms with Crippen molar-refractivity contribution >= 4 is 5.97 Å². The van der Waals surface area contributed by atoms with E-state index in [1.807, 2.05) is 13.8 Å². The Bertz CT molecular complexity index is 207. The van der Waals surface area contributed by atoms with Crippen molar-refractivity contribution in [3.63, 3.8) is 0 Å². The highest BCUT2D eigenvalue weighted by atomic mass is 16.5. The number of carbonyl (C=O) groups is 1. The lowest BCUT2D eigenvalue weighted by Gasteiger charge is -2.30. The van der Waals surface area contributed by atoms with Crippen LogP contribution in [-0.4, -0.2) is 18.1 Å². The summed E-state index contributed by atoms with van der Waals surface area (Å²) in [6, 6.07) is 0. The van der Waals surface area contributed by atoms with Gasteiger partial charge in [0.2, 0.25) is 0 Å². The smallest absolute Gasteiger partial charge is 0.307 e. The monoisotopic (exact) mass is 185 g/mol. The summed E-state index contributed by atoms with van der Waals surface area (Å²) in [4.78, 5) is 11.2. The van der Waals surface area contributed by atoms with Gasteiger partial charge in [-0.05, 0) is 32.1 Å². The fourth-order valence-electron chi connectivity index (χ4n) is 1.48. The minimum atomic E-state index is -0.404. The lowest BCUT2D eigenvalue weighted by Crippen LogP contribution is -2.46. The Morgan fingerprint density at radius 2 is 2.15 bits per heavy atom. The predicted octanol–water partition coefficient (Wildman–Crippen LogP) is 1.46. The third kappa shape index (κ3) is 2.21. The quantitative estimate of drug-likeness (QED) is 0.674. The third-order valence-corrected chi connectivity index (χ3v) is 3.20. The average Bonchev–Trinajstić information content (AvgIpc) is 2.68. The molecule has 1 rings (SSSR count). The summed E-state index contributed by atoms with van der Waals surface area (Å²) in [5, 5.41) is 0. The third-order valence-electron chi connectivity index (χ3n) is 3.20. The van der Waals surface area contributed by atoms with Gasteiger partial charge in [-0.15, -0.1) is 0 Å². The summed E-state index contributed by atoms with van der Waals surface area (Å²) in [5.41, 5.74) is 5.84. The Labute approximate surface area is 79.6 Å². The van der Waals surface area contributed by atoms with Crippen molar-refractivity contribution in [2.45, 2.75) is 45.6 Å². The summed E-state index contributed by atoms with van der Waals surface area (Å²) >= 11 is 0. The van der Waals surface area contributed by atoms with Crippen LogP contribution in [0, 0.1) is 5.41 Å². The van der Waals surface area contributed by atoms with Gasteiger partial charge in [0.15, 0.2) is 0 Å². The van der Waals surface area contributed by atoms with Crippen molar-refractivity contribution in [3.8, 4) is 0 Å². The molecule has 3 nitrogen and oxygen atoms in total. The van der Waals surface area contributed by atoms with E-state index in [4.69, 9.17) is 10.5 Å². The van der Waals surface area contributed by atoms with Crippen LogP contribution in [0.25, 0.3) is 0 Å². The van der Waals surface area contributed by atoms with Gasteiger partial charge < -0.3 is 10.5 Å². The first-order valence-electron chi connectivity index (χ1n) is 4.86. The molecule has 0 heterocycles. The molecule has 1 aliphatic rings. The molecule has 0 aromatic rings. The highest BCUT2D eigenvalue weighted by Crippen LogP contribution is 2.53. The Balaban J connectivity index is 2.47. The first kappa shape index (κ1) is 10.5. The zero-order valence-corrected chi connectivity index (χ0v) is 8.72. The number of carbonyl (C=O) groups excluding carboxylic acids is 1. The molecular formula is C10H19NO2. The lowest BCUT2D eigenvalue weighted by atomic mass is 9.82. The molecular weight excluding hydrogens is 166 g/mol. The summed E-state index contributed by atoms with van der Waals surface area (Å²) in [7, 11) is 0. The van der Waals surface area contributed by atoms with Crippen LogP contribution in [0.1, 0.15) is 40.0 Å². The van der Waals surface area contributed by atoms with Crippen molar-refractivity contribution in [2.75, 3.05) is 6.61 Å². The van der Waals surface area contributed by atoms with E-state index in [1.165, 1.54) is 0 Å². The molecule has 2 N–H and O–H groups in total. The first-order chi connectivity index (χ1) is 5.91. The second-order valence-corrected chi connectivity index (χ2v) is 4.46. The van der Waals surface area contributed by atoms with E-state index in [9.17, 15) is 4.79 Å². The van der Waals surface area contributed by atoms with Crippen molar-refractivity contribution < 1.29 is 9.53 Å². The zero-order valence-electron chi connectivity index (χ0n) is 8.72. The zero-order chi connectivity index (χ0) is 10.1. The summed E-state index contributed by atoms with van der Waals surface area (Å²) in [6.45, 7) is 6.32. The van der Waals surface area contributed by atoms with E-state index in [1.54, 1.807) is 0 Å². The SMILES string of the molecule is CCOC(=O)CC(C)(N)C1(C)CC1. The number of hydrogen-bond donors (Lipinski definition) is 1. The molecule has 0 bridgehead atoms. The fourth-order valence-corrected chi connectivity index (χ4v) is 1.48. The fraction of sp³-hybridized carbons (Fsp3) is 0.900. The van der Waals surface area contributed by atoms with Crippen molar-refractivity contribution in [3.05, 3.63) is 0 Å². The van der Waals surface area contributed by atoms with Gasteiger partial charge in [-0.3, -0.25) is 4.79 Å². The van der Waals surface area contributed by atoms with Crippen LogP contribution in [0.3, 0.4) is 0 Å². The van der Waals surface area contributed by atoms with Gasteiger partial charge in [-0.2, -0.15) is 0 Å². The predicted molar refractivity (Wildman–Crippen MR) is 51.2 cm³/mol. The molecule has 0 amide bonds.